The molecule has 6 heteroatoms. The number of amides is 1. The number of carbonyl (C=O) groups excluding carboxylic acids is 1. The Bertz CT molecular complexity index is 948. The van der Waals surface area contributed by atoms with E-state index in [0.29, 0.717) is 5.76 Å². The van der Waals surface area contributed by atoms with Gasteiger partial charge >= 0.3 is 0 Å². The second kappa shape index (κ2) is 8.55. The molecule has 0 saturated carbocycles. The van der Waals surface area contributed by atoms with Crippen molar-refractivity contribution >= 4 is 5.91 Å². The maximum absolute atomic E-state index is 12.5. The van der Waals surface area contributed by atoms with Crippen LogP contribution in [-0.2, 0) is 18.6 Å². The van der Waals surface area contributed by atoms with Gasteiger partial charge in [-0.15, -0.1) is 0 Å². The number of nitrogens with one attached hydrogen (secondary N) is 1. The number of aryl methyl sites for hydroxylation is 1. The Morgan fingerprint density at radius 1 is 1.17 bits per heavy atom. The van der Waals surface area contributed by atoms with E-state index in [1.807, 2.05) is 36.7 Å². The van der Waals surface area contributed by atoms with Gasteiger partial charge in [0, 0.05) is 12.7 Å². The molecule has 0 aliphatic heterocycles. The smallest absolute Gasteiger partial charge is 0.287 e. The van der Waals surface area contributed by atoms with Crippen LogP contribution in [0.5, 0.6) is 5.75 Å². The van der Waals surface area contributed by atoms with Crippen molar-refractivity contribution in [2.45, 2.75) is 59.2 Å². The van der Waals surface area contributed by atoms with Gasteiger partial charge in [0.15, 0.2) is 5.76 Å². The van der Waals surface area contributed by atoms with Crippen molar-refractivity contribution in [1.29, 1.82) is 0 Å². The van der Waals surface area contributed by atoms with E-state index in [-0.39, 0.29) is 29.7 Å². The molecule has 1 aromatic carbocycles. The first kappa shape index (κ1) is 20.7. The van der Waals surface area contributed by atoms with Crippen molar-refractivity contribution in [3.05, 3.63) is 71.4 Å². The van der Waals surface area contributed by atoms with Gasteiger partial charge in [0.2, 0.25) is 0 Å². The van der Waals surface area contributed by atoms with Crippen LogP contribution >= 0.6 is 0 Å². The molecule has 154 valence electrons. The van der Waals surface area contributed by atoms with E-state index < -0.39 is 0 Å². The summed E-state index contributed by atoms with van der Waals surface area (Å²) in [7, 11) is 0. The first-order chi connectivity index (χ1) is 13.8. The molecule has 0 radical (unpaired) electrons. The zero-order chi connectivity index (χ0) is 21.0. The minimum atomic E-state index is -0.262. The number of hydrogen-bond acceptors (Lipinski definition) is 4. The van der Waals surface area contributed by atoms with E-state index in [0.717, 1.165) is 18.0 Å². The Labute approximate surface area is 171 Å². The van der Waals surface area contributed by atoms with Gasteiger partial charge in [-0.2, -0.15) is 5.10 Å². The topological polar surface area (TPSA) is 69.3 Å². The molecule has 6 nitrogen and oxygen atoms in total. The third-order valence-electron chi connectivity index (χ3n) is 4.83. The molecule has 1 unspecified atom stereocenters. The summed E-state index contributed by atoms with van der Waals surface area (Å²) in [5.41, 5.74) is 2.31. The predicted molar refractivity (Wildman–Crippen MR) is 112 cm³/mol. The number of ether oxygens (including phenoxy) is 1. The molecule has 0 saturated heterocycles. The minimum absolute atomic E-state index is 0.105. The second-order valence-corrected chi connectivity index (χ2v) is 8.10. The number of benzene rings is 1. The third kappa shape index (κ3) is 5.08. The van der Waals surface area contributed by atoms with Crippen molar-refractivity contribution in [3.63, 3.8) is 0 Å². The first-order valence-electron chi connectivity index (χ1n) is 9.92. The average molecular weight is 396 g/mol. The van der Waals surface area contributed by atoms with E-state index in [4.69, 9.17) is 9.15 Å². The molecular formula is C23H29N3O3. The van der Waals surface area contributed by atoms with Crippen LogP contribution in [0.4, 0.5) is 0 Å². The summed E-state index contributed by atoms with van der Waals surface area (Å²) in [4.78, 5) is 12.5. The van der Waals surface area contributed by atoms with E-state index in [1.165, 1.54) is 5.56 Å². The number of nitrogens with zero attached hydrogens (tertiary/aromatic N) is 2. The number of aromatic nitrogens is 2. The fourth-order valence-electron chi connectivity index (χ4n) is 3.10. The van der Waals surface area contributed by atoms with E-state index in [1.54, 1.807) is 18.3 Å². The van der Waals surface area contributed by atoms with Gasteiger partial charge in [-0.25, -0.2) is 0 Å². The van der Waals surface area contributed by atoms with Crippen molar-refractivity contribution < 1.29 is 13.9 Å². The Morgan fingerprint density at radius 3 is 2.55 bits per heavy atom. The summed E-state index contributed by atoms with van der Waals surface area (Å²) in [6, 6.07) is 13.2. The highest BCUT2D eigenvalue weighted by molar-refractivity contribution is 5.91. The largest absolute Gasteiger partial charge is 0.486 e. The van der Waals surface area contributed by atoms with Crippen LogP contribution in [0.15, 0.2) is 53.1 Å². The maximum atomic E-state index is 12.5. The highest BCUT2D eigenvalue weighted by Gasteiger charge is 2.18. The van der Waals surface area contributed by atoms with Crippen molar-refractivity contribution in [1.82, 2.24) is 15.1 Å². The highest BCUT2D eigenvalue weighted by atomic mass is 16.5. The minimum Gasteiger partial charge on any atom is -0.486 e. The zero-order valence-electron chi connectivity index (χ0n) is 17.7. The average Bonchev–Trinajstić information content (AvgIpc) is 3.35. The van der Waals surface area contributed by atoms with Gasteiger partial charge in [-0.3, -0.25) is 9.48 Å². The molecule has 3 aromatic rings. The lowest BCUT2D eigenvalue weighted by atomic mass is 9.87. The van der Waals surface area contributed by atoms with Crippen LogP contribution in [0.25, 0.3) is 0 Å². The maximum Gasteiger partial charge on any atom is 0.287 e. The number of carbonyl (C=O) groups is 1. The van der Waals surface area contributed by atoms with Crippen LogP contribution < -0.4 is 10.1 Å². The van der Waals surface area contributed by atoms with Gasteiger partial charge in [0.05, 0.1) is 11.7 Å². The van der Waals surface area contributed by atoms with Crippen molar-refractivity contribution in [2.75, 3.05) is 0 Å². The summed E-state index contributed by atoms with van der Waals surface area (Å²) < 4.78 is 13.3. The quantitative estimate of drug-likeness (QED) is 0.620. The molecule has 1 atom stereocenters. The Hall–Kier alpha value is -3.02. The van der Waals surface area contributed by atoms with Gasteiger partial charge in [-0.05, 0) is 55.2 Å². The molecule has 29 heavy (non-hydrogen) atoms. The second-order valence-electron chi connectivity index (χ2n) is 8.10. The Balaban J connectivity index is 1.57. The molecule has 0 aliphatic carbocycles. The summed E-state index contributed by atoms with van der Waals surface area (Å²) >= 11 is 0. The van der Waals surface area contributed by atoms with Crippen LogP contribution in [-0.4, -0.2) is 15.7 Å². The van der Waals surface area contributed by atoms with Gasteiger partial charge < -0.3 is 14.5 Å². The number of hydrogen-bond donors (Lipinski definition) is 1. The van der Waals surface area contributed by atoms with Crippen LogP contribution in [0, 0.1) is 0 Å². The fourth-order valence-corrected chi connectivity index (χ4v) is 3.10. The van der Waals surface area contributed by atoms with Crippen LogP contribution in [0.2, 0.25) is 0 Å². The Morgan fingerprint density at radius 2 is 1.90 bits per heavy atom. The lowest BCUT2D eigenvalue weighted by molar-refractivity contribution is 0.0906. The standard InChI is InChI=1S/C23H29N3O3/c1-6-26-20(13-14-24-26)16(2)25-22(27)21-12-11-19(29-21)15-28-18-9-7-17(8-10-18)23(3,4)5/h7-14,16H,6,15H2,1-5H3,(H,25,27). The normalized spacial score (nSPS) is 12.6. The SMILES string of the molecule is CCn1nccc1C(C)NC(=O)c1ccc(COc2ccc(C(C)(C)C)cc2)o1. The van der Waals surface area contributed by atoms with Crippen LogP contribution in [0.3, 0.4) is 0 Å². The molecule has 2 aromatic heterocycles. The zero-order valence-corrected chi connectivity index (χ0v) is 17.7. The molecule has 0 bridgehead atoms. The molecule has 0 aliphatic rings. The lowest BCUT2D eigenvalue weighted by Gasteiger charge is -2.19. The lowest BCUT2D eigenvalue weighted by Crippen LogP contribution is -2.28. The van der Waals surface area contributed by atoms with E-state index in [2.05, 4.69) is 43.3 Å². The first-order valence-corrected chi connectivity index (χ1v) is 9.92. The molecule has 0 fully saturated rings. The molecule has 2 heterocycles. The van der Waals surface area contributed by atoms with E-state index >= 15 is 0 Å². The highest BCUT2D eigenvalue weighted by Crippen LogP contribution is 2.24. The molecule has 3 rings (SSSR count). The summed E-state index contributed by atoms with van der Waals surface area (Å²) in [6.45, 7) is 11.5. The predicted octanol–water partition coefficient (Wildman–Crippen LogP) is 4.86. The van der Waals surface area contributed by atoms with Gasteiger partial charge in [-0.1, -0.05) is 32.9 Å². The number of furan rings is 1. The fraction of sp³-hybridized carbons (Fsp3) is 0.391. The van der Waals surface area contributed by atoms with Crippen molar-refractivity contribution in [3.8, 4) is 5.75 Å². The summed E-state index contributed by atoms with van der Waals surface area (Å²) in [5, 5.41) is 7.18. The summed E-state index contributed by atoms with van der Waals surface area (Å²) in [6.07, 6.45) is 1.73. The molecule has 0 spiro atoms. The monoisotopic (exact) mass is 395 g/mol. The van der Waals surface area contributed by atoms with E-state index in [9.17, 15) is 4.79 Å². The molecule has 1 N–H and O–H groups in total. The van der Waals surface area contributed by atoms with Crippen molar-refractivity contribution in [2.24, 2.45) is 0 Å². The van der Waals surface area contributed by atoms with Gasteiger partial charge in [0.1, 0.15) is 18.1 Å². The number of rotatable bonds is 7. The Kier molecular flexibility index (Phi) is 6.11. The third-order valence-corrected chi connectivity index (χ3v) is 4.83. The molecule has 1 amide bonds. The van der Waals surface area contributed by atoms with Gasteiger partial charge in [0.25, 0.3) is 5.91 Å². The summed E-state index contributed by atoms with van der Waals surface area (Å²) in [5.74, 6) is 1.37. The molecular weight excluding hydrogens is 366 g/mol. The van der Waals surface area contributed by atoms with Crippen LogP contribution in [0.1, 0.15) is 68.2 Å².